The second-order valence-electron chi connectivity index (χ2n) is 6.03. The van der Waals surface area contributed by atoms with Gasteiger partial charge in [-0.05, 0) is 27.2 Å². The Kier molecular flexibility index (Phi) is 2.68. The fourth-order valence-electron chi connectivity index (χ4n) is 2.75. The number of carboxylic acid groups (broad SMARTS) is 1. The topological polar surface area (TPSA) is 66.8 Å². The fourth-order valence-corrected chi connectivity index (χ4v) is 2.75. The Balaban J connectivity index is 2.20. The van der Waals surface area contributed by atoms with Gasteiger partial charge in [0.1, 0.15) is 11.1 Å². The number of rotatable bonds is 2. The molecule has 0 bridgehead atoms. The van der Waals surface area contributed by atoms with Gasteiger partial charge in [-0.25, -0.2) is 9.59 Å². The zero-order valence-corrected chi connectivity index (χ0v) is 11.0. The zero-order chi connectivity index (χ0) is 13.7. The van der Waals surface area contributed by atoms with Gasteiger partial charge >= 0.3 is 12.1 Å². The lowest BCUT2D eigenvalue weighted by Gasteiger charge is -2.29. The number of carbonyl (C=O) groups is 2. The third-order valence-electron chi connectivity index (χ3n) is 3.66. The van der Waals surface area contributed by atoms with Crippen LogP contribution >= 0.6 is 0 Å². The highest BCUT2D eigenvalue weighted by Gasteiger charge is 2.72. The standard InChI is InChI=1S/C13H19NO4/c1-5-8-7-14(11(17)18-12(2,3)4)13(10(15)16)6-9(8)13/h5,8-9H,1,6-7H2,2-4H3,(H,15,16). The number of piperidine rings is 1. The van der Waals surface area contributed by atoms with Gasteiger partial charge in [0, 0.05) is 18.4 Å². The fraction of sp³-hybridized carbons (Fsp3) is 0.692. The number of amides is 1. The normalized spacial score (nSPS) is 33.8. The van der Waals surface area contributed by atoms with Crippen molar-refractivity contribution in [3.05, 3.63) is 12.7 Å². The molecule has 0 aromatic carbocycles. The second-order valence-corrected chi connectivity index (χ2v) is 6.03. The van der Waals surface area contributed by atoms with Crippen LogP contribution in [0.4, 0.5) is 4.79 Å². The lowest BCUT2D eigenvalue weighted by atomic mass is 10.1. The largest absolute Gasteiger partial charge is 0.479 e. The van der Waals surface area contributed by atoms with Crippen LogP contribution in [-0.4, -0.2) is 39.8 Å². The molecule has 1 saturated carbocycles. The van der Waals surface area contributed by atoms with Gasteiger partial charge in [-0.15, -0.1) is 6.58 Å². The minimum absolute atomic E-state index is 0.0139. The summed E-state index contributed by atoms with van der Waals surface area (Å²) in [6.07, 6.45) is 1.69. The average Bonchev–Trinajstić information content (AvgIpc) is 2.87. The first-order valence-corrected chi connectivity index (χ1v) is 6.09. The molecule has 0 spiro atoms. The Hall–Kier alpha value is -1.52. The number of likely N-dealkylation sites (tertiary alicyclic amines) is 1. The van der Waals surface area contributed by atoms with E-state index in [9.17, 15) is 14.7 Å². The molecule has 1 aliphatic carbocycles. The number of carboxylic acids is 1. The third-order valence-corrected chi connectivity index (χ3v) is 3.66. The van der Waals surface area contributed by atoms with E-state index >= 15 is 0 Å². The van der Waals surface area contributed by atoms with Crippen LogP contribution in [0.25, 0.3) is 0 Å². The predicted molar refractivity (Wildman–Crippen MR) is 65.1 cm³/mol. The molecule has 18 heavy (non-hydrogen) atoms. The summed E-state index contributed by atoms with van der Waals surface area (Å²) in [6.45, 7) is 9.39. The van der Waals surface area contributed by atoms with Crippen molar-refractivity contribution in [1.29, 1.82) is 0 Å². The summed E-state index contributed by atoms with van der Waals surface area (Å²) in [6, 6.07) is 0. The third kappa shape index (κ3) is 1.78. The summed E-state index contributed by atoms with van der Waals surface area (Å²) in [7, 11) is 0. The van der Waals surface area contributed by atoms with E-state index in [1.165, 1.54) is 4.90 Å². The first kappa shape index (κ1) is 12.9. The number of carbonyl (C=O) groups excluding carboxylic acids is 1. The molecular formula is C13H19NO4. The van der Waals surface area contributed by atoms with Crippen LogP contribution in [0.2, 0.25) is 0 Å². The molecule has 2 aliphatic rings. The number of ether oxygens (including phenoxy) is 1. The molecule has 1 saturated heterocycles. The Morgan fingerprint density at radius 1 is 1.50 bits per heavy atom. The van der Waals surface area contributed by atoms with Crippen molar-refractivity contribution < 1.29 is 19.4 Å². The van der Waals surface area contributed by atoms with E-state index in [-0.39, 0.29) is 11.8 Å². The number of aliphatic carboxylic acids is 1. The molecule has 2 fully saturated rings. The molecule has 0 aromatic heterocycles. The summed E-state index contributed by atoms with van der Waals surface area (Å²) >= 11 is 0. The van der Waals surface area contributed by atoms with E-state index < -0.39 is 23.2 Å². The minimum atomic E-state index is -1.05. The maximum Gasteiger partial charge on any atom is 0.411 e. The molecular weight excluding hydrogens is 234 g/mol. The summed E-state index contributed by atoms with van der Waals surface area (Å²) < 4.78 is 5.28. The highest BCUT2D eigenvalue weighted by atomic mass is 16.6. The number of hydrogen-bond acceptors (Lipinski definition) is 3. The van der Waals surface area contributed by atoms with Crippen molar-refractivity contribution in [1.82, 2.24) is 4.90 Å². The van der Waals surface area contributed by atoms with E-state index in [0.29, 0.717) is 13.0 Å². The SMILES string of the molecule is C=CC1CN(C(=O)OC(C)(C)C)C2(C(=O)O)CC12. The maximum absolute atomic E-state index is 12.1. The van der Waals surface area contributed by atoms with Crippen molar-refractivity contribution in [2.24, 2.45) is 11.8 Å². The van der Waals surface area contributed by atoms with Gasteiger partial charge in [0.25, 0.3) is 0 Å². The lowest BCUT2D eigenvalue weighted by Crippen LogP contribution is -2.47. The van der Waals surface area contributed by atoms with Gasteiger partial charge in [-0.2, -0.15) is 0 Å². The monoisotopic (exact) mass is 253 g/mol. The molecule has 5 heteroatoms. The molecule has 0 radical (unpaired) electrons. The van der Waals surface area contributed by atoms with Crippen LogP contribution < -0.4 is 0 Å². The van der Waals surface area contributed by atoms with E-state index in [4.69, 9.17) is 4.74 Å². The molecule has 100 valence electrons. The van der Waals surface area contributed by atoms with Crippen LogP contribution in [0.5, 0.6) is 0 Å². The lowest BCUT2D eigenvalue weighted by molar-refractivity contribution is -0.144. The van der Waals surface area contributed by atoms with E-state index in [2.05, 4.69) is 6.58 Å². The van der Waals surface area contributed by atoms with Crippen LogP contribution in [0.1, 0.15) is 27.2 Å². The van der Waals surface area contributed by atoms with Crippen LogP contribution in [0, 0.1) is 11.8 Å². The first-order valence-electron chi connectivity index (χ1n) is 6.09. The van der Waals surface area contributed by atoms with Crippen molar-refractivity contribution >= 4 is 12.1 Å². The molecule has 0 aromatic rings. The molecule has 1 N–H and O–H groups in total. The van der Waals surface area contributed by atoms with E-state index in [0.717, 1.165) is 0 Å². The van der Waals surface area contributed by atoms with Gasteiger partial charge < -0.3 is 9.84 Å². The van der Waals surface area contributed by atoms with Gasteiger partial charge in [-0.1, -0.05) is 6.08 Å². The Morgan fingerprint density at radius 2 is 2.11 bits per heavy atom. The molecule has 1 heterocycles. The maximum atomic E-state index is 12.1. The summed E-state index contributed by atoms with van der Waals surface area (Å²) in [5.41, 5.74) is -1.67. The second kappa shape index (κ2) is 3.73. The first-order chi connectivity index (χ1) is 8.22. The Labute approximate surface area is 106 Å². The number of nitrogens with zero attached hydrogens (tertiary/aromatic N) is 1. The minimum Gasteiger partial charge on any atom is -0.479 e. The Morgan fingerprint density at radius 3 is 2.56 bits per heavy atom. The Bertz CT molecular complexity index is 412. The molecule has 1 aliphatic heterocycles. The van der Waals surface area contributed by atoms with Crippen molar-refractivity contribution in [3.8, 4) is 0 Å². The summed E-state index contributed by atoms with van der Waals surface area (Å²) in [5, 5.41) is 9.36. The molecule has 1 amide bonds. The van der Waals surface area contributed by atoms with Crippen LogP contribution in [0.3, 0.4) is 0 Å². The molecule has 3 unspecified atom stereocenters. The molecule has 2 rings (SSSR count). The van der Waals surface area contributed by atoms with E-state index in [1.54, 1.807) is 26.8 Å². The highest BCUT2D eigenvalue weighted by molar-refractivity contribution is 5.89. The molecule has 5 nitrogen and oxygen atoms in total. The van der Waals surface area contributed by atoms with E-state index in [1.807, 2.05) is 0 Å². The predicted octanol–water partition coefficient (Wildman–Crippen LogP) is 1.88. The van der Waals surface area contributed by atoms with Gasteiger partial charge in [-0.3, -0.25) is 4.90 Å². The quantitative estimate of drug-likeness (QED) is 0.763. The zero-order valence-electron chi connectivity index (χ0n) is 11.0. The van der Waals surface area contributed by atoms with Crippen molar-refractivity contribution in [3.63, 3.8) is 0 Å². The van der Waals surface area contributed by atoms with Gasteiger partial charge in [0.15, 0.2) is 0 Å². The summed E-state index contributed by atoms with van der Waals surface area (Å²) in [5.74, 6) is -0.906. The van der Waals surface area contributed by atoms with Crippen molar-refractivity contribution in [2.75, 3.05) is 6.54 Å². The molecule has 3 atom stereocenters. The summed E-state index contributed by atoms with van der Waals surface area (Å²) in [4.78, 5) is 24.9. The highest BCUT2D eigenvalue weighted by Crippen LogP contribution is 2.59. The van der Waals surface area contributed by atoms with Gasteiger partial charge in [0.2, 0.25) is 0 Å². The number of fused-ring (bicyclic) bond motifs is 1. The number of hydrogen-bond donors (Lipinski definition) is 1. The van der Waals surface area contributed by atoms with Crippen LogP contribution in [-0.2, 0) is 9.53 Å². The van der Waals surface area contributed by atoms with Gasteiger partial charge in [0.05, 0.1) is 0 Å². The van der Waals surface area contributed by atoms with Crippen molar-refractivity contribution in [2.45, 2.75) is 38.3 Å². The average molecular weight is 253 g/mol. The van der Waals surface area contributed by atoms with Crippen LogP contribution in [0.15, 0.2) is 12.7 Å². The smallest absolute Gasteiger partial charge is 0.411 e.